The largest absolute Gasteiger partial charge is 0.506 e. The third-order valence-electron chi connectivity index (χ3n) is 3.21. The summed E-state index contributed by atoms with van der Waals surface area (Å²) in [7, 11) is 0. The van der Waals surface area contributed by atoms with E-state index in [1.54, 1.807) is 30.5 Å². The molecule has 0 aliphatic rings. The summed E-state index contributed by atoms with van der Waals surface area (Å²) in [5.41, 5.74) is 1.08. The molecule has 1 heterocycles. The van der Waals surface area contributed by atoms with Gasteiger partial charge in [-0.3, -0.25) is 4.98 Å². The first kappa shape index (κ1) is 13.2. The van der Waals surface area contributed by atoms with Crippen molar-refractivity contribution in [2.24, 2.45) is 0 Å². The zero-order valence-electron chi connectivity index (χ0n) is 10.9. The Morgan fingerprint density at radius 2 is 1.67 bits per heavy atom. The van der Waals surface area contributed by atoms with Crippen molar-refractivity contribution < 1.29 is 13.9 Å². The average Bonchev–Trinajstić information content (AvgIpc) is 2.49. The fourth-order valence-corrected chi connectivity index (χ4v) is 2.17. The molecule has 0 fully saturated rings. The fraction of sp³-hybridized carbons (Fsp3) is 0. The molecule has 0 spiro atoms. The van der Waals surface area contributed by atoms with Crippen LogP contribution in [0.15, 0.2) is 48.7 Å². The highest BCUT2D eigenvalue weighted by atomic mass is 19.1. The van der Waals surface area contributed by atoms with E-state index in [0.717, 1.165) is 5.56 Å². The Balaban J connectivity index is 2.10. The molecule has 0 radical (unpaired) electrons. The maximum Gasteiger partial charge on any atom is 0.141 e. The number of nitrogens with zero attached hydrogens (tertiary/aromatic N) is 1. The molecule has 2 nitrogen and oxygen atoms in total. The average molecular weight is 283 g/mol. The third-order valence-corrected chi connectivity index (χ3v) is 3.21. The van der Waals surface area contributed by atoms with Crippen molar-refractivity contribution in [2.45, 2.75) is 0 Å². The number of fused-ring (bicyclic) bond motifs is 1. The summed E-state index contributed by atoms with van der Waals surface area (Å²) in [6, 6.07) is 10.4. The Labute approximate surface area is 120 Å². The molecule has 0 amide bonds. The summed E-state index contributed by atoms with van der Waals surface area (Å²) in [6.07, 6.45) is 4.56. The Morgan fingerprint density at radius 1 is 0.905 bits per heavy atom. The molecule has 0 bridgehead atoms. The van der Waals surface area contributed by atoms with Crippen LogP contribution in [0.5, 0.6) is 5.75 Å². The number of aromatic nitrogens is 1. The minimum Gasteiger partial charge on any atom is -0.506 e. The molecule has 1 N–H and O–H groups in total. The molecule has 0 saturated heterocycles. The molecule has 0 aliphatic carbocycles. The lowest BCUT2D eigenvalue weighted by Gasteiger charge is -2.04. The van der Waals surface area contributed by atoms with Gasteiger partial charge in [0.2, 0.25) is 0 Å². The van der Waals surface area contributed by atoms with Crippen molar-refractivity contribution in [2.75, 3.05) is 0 Å². The van der Waals surface area contributed by atoms with Gasteiger partial charge >= 0.3 is 0 Å². The SMILES string of the molecule is Oc1ccc(/C=C/c2c(F)cccc2F)c2cccnc12. The molecule has 3 aromatic rings. The maximum absolute atomic E-state index is 13.6. The van der Waals surface area contributed by atoms with E-state index in [-0.39, 0.29) is 11.3 Å². The van der Waals surface area contributed by atoms with E-state index in [4.69, 9.17) is 0 Å². The number of hydrogen-bond donors (Lipinski definition) is 1. The minimum atomic E-state index is -0.618. The predicted molar refractivity (Wildman–Crippen MR) is 78.7 cm³/mol. The Hall–Kier alpha value is -2.75. The lowest BCUT2D eigenvalue weighted by Crippen LogP contribution is -1.87. The van der Waals surface area contributed by atoms with Crippen molar-refractivity contribution in [1.82, 2.24) is 4.98 Å². The molecule has 0 saturated carbocycles. The summed E-state index contributed by atoms with van der Waals surface area (Å²) < 4.78 is 27.2. The number of hydrogen-bond acceptors (Lipinski definition) is 2. The van der Waals surface area contributed by atoms with Crippen molar-refractivity contribution >= 4 is 23.1 Å². The van der Waals surface area contributed by atoms with Crippen LogP contribution < -0.4 is 0 Å². The normalized spacial score (nSPS) is 11.3. The lowest BCUT2D eigenvalue weighted by atomic mass is 10.1. The van der Waals surface area contributed by atoms with E-state index in [2.05, 4.69) is 4.98 Å². The number of phenolic OH excluding ortho intramolecular Hbond substituents is 1. The molecular weight excluding hydrogens is 272 g/mol. The Bertz CT molecular complexity index is 823. The molecule has 0 unspecified atom stereocenters. The zero-order chi connectivity index (χ0) is 14.8. The van der Waals surface area contributed by atoms with Crippen molar-refractivity contribution in [1.29, 1.82) is 0 Å². The van der Waals surface area contributed by atoms with Gasteiger partial charge in [-0.1, -0.05) is 24.3 Å². The minimum absolute atomic E-state index is 0.0693. The van der Waals surface area contributed by atoms with E-state index < -0.39 is 11.6 Å². The van der Waals surface area contributed by atoms with E-state index in [0.29, 0.717) is 10.9 Å². The van der Waals surface area contributed by atoms with E-state index >= 15 is 0 Å². The van der Waals surface area contributed by atoms with Gasteiger partial charge in [-0.2, -0.15) is 0 Å². The van der Waals surface area contributed by atoms with Crippen LogP contribution in [0.2, 0.25) is 0 Å². The number of aromatic hydroxyl groups is 1. The van der Waals surface area contributed by atoms with Crippen LogP contribution in [-0.4, -0.2) is 10.1 Å². The molecule has 2 aromatic carbocycles. The van der Waals surface area contributed by atoms with Crippen LogP contribution >= 0.6 is 0 Å². The fourth-order valence-electron chi connectivity index (χ4n) is 2.17. The molecule has 3 rings (SSSR count). The van der Waals surface area contributed by atoms with E-state index in [1.165, 1.54) is 30.3 Å². The molecule has 0 atom stereocenters. The van der Waals surface area contributed by atoms with Crippen LogP contribution in [0, 0.1) is 11.6 Å². The first-order valence-corrected chi connectivity index (χ1v) is 6.35. The number of benzene rings is 2. The van der Waals surface area contributed by atoms with Gasteiger partial charge in [-0.15, -0.1) is 0 Å². The second-order valence-corrected chi connectivity index (χ2v) is 4.54. The maximum atomic E-state index is 13.6. The van der Waals surface area contributed by atoms with Crippen molar-refractivity contribution in [3.05, 3.63) is 71.4 Å². The molecule has 104 valence electrons. The first-order chi connectivity index (χ1) is 10.2. The molecule has 4 heteroatoms. The summed E-state index contributed by atoms with van der Waals surface area (Å²) in [6.45, 7) is 0. The molecule has 0 aliphatic heterocycles. The highest BCUT2D eigenvalue weighted by molar-refractivity contribution is 5.93. The van der Waals surface area contributed by atoms with Gasteiger partial charge in [-0.25, -0.2) is 8.78 Å². The van der Waals surface area contributed by atoms with Crippen LogP contribution in [0.1, 0.15) is 11.1 Å². The number of rotatable bonds is 2. The quantitative estimate of drug-likeness (QED) is 0.708. The van der Waals surface area contributed by atoms with Crippen molar-refractivity contribution in [3.63, 3.8) is 0 Å². The van der Waals surface area contributed by atoms with Crippen LogP contribution in [-0.2, 0) is 0 Å². The van der Waals surface area contributed by atoms with Crippen LogP contribution in [0.3, 0.4) is 0 Å². The van der Waals surface area contributed by atoms with Gasteiger partial charge in [0.05, 0.1) is 0 Å². The summed E-state index contributed by atoms with van der Waals surface area (Å²) in [4.78, 5) is 4.10. The van der Waals surface area contributed by atoms with Gasteiger partial charge in [0.1, 0.15) is 22.9 Å². The van der Waals surface area contributed by atoms with E-state index in [9.17, 15) is 13.9 Å². The van der Waals surface area contributed by atoms with Crippen molar-refractivity contribution in [3.8, 4) is 5.75 Å². The van der Waals surface area contributed by atoms with Crippen LogP contribution in [0.4, 0.5) is 8.78 Å². The van der Waals surface area contributed by atoms with Gasteiger partial charge in [0.15, 0.2) is 0 Å². The topological polar surface area (TPSA) is 33.1 Å². The summed E-state index contributed by atoms with van der Waals surface area (Å²) >= 11 is 0. The summed E-state index contributed by atoms with van der Waals surface area (Å²) in [5.74, 6) is -1.17. The monoisotopic (exact) mass is 283 g/mol. The second kappa shape index (κ2) is 5.32. The molecule has 1 aromatic heterocycles. The van der Waals surface area contributed by atoms with Gasteiger partial charge in [0.25, 0.3) is 0 Å². The number of halogens is 2. The van der Waals surface area contributed by atoms with E-state index in [1.807, 2.05) is 0 Å². The van der Waals surface area contributed by atoms with Gasteiger partial charge < -0.3 is 5.11 Å². The molecule has 21 heavy (non-hydrogen) atoms. The summed E-state index contributed by atoms with van der Waals surface area (Å²) in [5, 5.41) is 10.5. The highest BCUT2D eigenvalue weighted by Crippen LogP contribution is 2.27. The third kappa shape index (κ3) is 2.48. The van der Waals surface area contributed by atoms with Gasteiger partial charge in [0, 0.05) is 17.1 Å². The zero-order valence-corrected chi connectivity index (χ0v) is 10.9. The smallest absolute Gasteiger partial charge is 0.141 e. The number of phenols is 1. The lowest BCUT2D eigenvalue weighted by molar-refractivity contribution is 0.480. The number of pyridine rings is 1. The highest BCUT2D eigenvalue weighted by Gasteiger charge is 2.06. The first-order valence-electron chi connectivity index (χ1n) is 6.35. The second-order valence-electron chi connectivity index (χ2n) is 4.54. The predicted octanol–water partition coefficient (Wildman–Crippen LogP) is 4.39. The molecular formula is C17H11F2NO. The van der Waals surface area contributed by atoms with Gasteiger partial charge in [-0.05, 0) is 35.9 Å². The Morgan fingerprint density at radius 3 is 2.43 bits per heavy atom. The standard InChI is InChI=1S/C17H11F2NO/c18-14-4-1-5-15(19)13(14)8-6-11-7-9-16(21)17-12(11)3-2-10-20-17/h1-10,21H/b8-6+. The Kier molecular flexibility index (Phi) is 3.36. The van der Waals surface area contributed by atoms with Crippen LogP contribution in [0.25, 0.3) is 23.1 Å².